The van der Waals surface area contributed by atoms with Crippen molar-refractivity contribution in [1.29, 1.82) is 0 Å². The van der Waals surface area contributed by atoms with Gasteiger partial charge in [-0.2, -0.15) is 0 Å². The first-order valence-electron chi connectivity index (χ1n) is 11.2. The van der Waals surface area contributed by atoms with E-state index >= 15 is 0 Å². The van der Waals surface area contributed by atoms with Gasteiger partial charge in [0.2, 0.25) is 5.91 Å². The molecule has 0 fully saturated rings. The number of carbonyl (C=O) groups excluding carboxylic acids is 2. The Labute approximate surface area is 197 Å². The monoisotopic (exact) mass is 458 g/mol. The van der Waals surface area contributed by atoms with Gasteiger partial charge in [-0.05, 0) is 53.3 Å². The molecule has 0 spiro atoms. The first-order chi connectivity index (χ1) is 16.4. The first-order valence-corrected chi connectivity index (χ1v) is 11.2. The highest BCUT2D eigenvalue weighted by Gasteiger charge is 2.29. The molecule has 0 saturated heterocycles. The molecule has 0 radical (unpaired) electrons. The van der Waals surface area contributed by atoms with Crippen LogP contribution in [0.15, 0.2) is 72.8 Å². The van der Waals surface area contributed by atoms with Crippen LogP contribution in [0.4, 0.5) is 10.5 Å². The van der Waals surface area contributed by atoms with Crippen LogP contribution >= 0.6 is 0 Å². The van der Waals surface area contributed by atoms with Gasteiger partial charge in [-0.1, -0.05) is 60.7 Å². The van der Waals surface area contributed by atoms with Gasteiger partial charge in [-0.15, -0.1) is 0 Å². The molecule has 0 aliphatic heterocycles. The summed E-state index contributed by atoms with van der Waals surface area (Å²) in [7, 11) is 0. The van der Waals surface area contributed by atoms with Crippen molar-refractivity contribution in [3.8, 4) is 11.1 Å². The lowest BCUT2D eigenvalue weighted by Gasteiger charge is -2.17. The molecule has 1 aliphatic carbocycles. The van der Waals surface area contributed by atoms with Crippen molar-refractivity contribution in [3.63, 3.8) is 0 Å². The smallest absolute Gasteiger partial charge is 0.407 e. The zero-order valence-corrected chi connectivity index (χ0v) is 18.8. The zero-order valence-electron chi connectivity index (χ0n) is 18.8. The zero-order chi connectivity index (χ0) is 24.1. The van der Waals surface area contributed by atoms with Crippen molar-refractivity contribution < 1.29 is 24.2 Å². The van der Waals surface area contributed by atoms with Crippen LogP contribution in [0, 0.1) is 0 Å². The van der Waals surface area contributed by atoms with Crippen molar-refractivity contribution >= 4 is 23.7 Å². The molecule has 0 saturated carbocycles. The van der Waals surface area contributed by atoms with Crippen LogP contribution in [0.5, 0.6) is 0 Å². The van der Waals surface area contributed by atoms with E-state index in [4.69, 9.17) is 9.84 Å². The first kappa shape index (κ1) is 23.0. The molecule has 2 amide bonds. The highest BCUT2D eigenvalue weighted by atomic mass is 16.5. The van der Waals surface area contributed by atoms with Gasteiger partial charge in [-0.25, -0.2) is 4.79 Å². The van der Waals surface area contributed by atoms with Gasteiger partial charge in [0.1, 0.15) is 12.6 Å². The van der Waals surface area contributed by atoms with E-state index in [9.17, 15) is 14.4 Å². The lowest BCUT2D eigenvalue weighted by molar-refractivity contribution is -0.137. The molecule has 3 N–H and O–H groups in total. The molecular weight excluding hydrogens is 432 g/mol. The lowest BCUT2D eigenvalue weighted by Crippen LogP contribution is -2.42. The lowest BCUT2D eigenvalue weighted by atomic mass is 9.98. The molecule has 7 heteroatoms. The molecule has 174 valence electrons. The van der Waals surface area contributed by atoms with Crippen LogP contribution in [0.3, 0.4) is 0 Å². The molecule has 7 nitrogen and oxygen atoms in total. The third kappa shape index (κ3) is 5.26. The summed E-state index contributed by atoms with van der Waals surface area (Å²) in [5, 5.41) is 14.2. The van der Waals surface area contributed by atoms with E-state index in [0.717, 1.165) is 27.8 Å². The van der Waals surface area contributed by atoms with E-state index in [0.29, 0.717) is 12.1 Å². The van der Waals surface area contributed by atoms with E-state index in [2.05, 4.69) is 22.8 Å². The van der Waals surface area contributed by atoms with Crippen molar-refractivity contribution in [1.82, 2.24) is 5.32 Å². The van der Waals surface area contributed by atoms with E-state index in [1.165, 1.54) is 0 Å². The number of carboxylic acid groups (broad SMARTS) is 1. The van der Waals surface area contributed by atoms with Gasteiger partial charge >= 0.3 is 12.1 Å². The molecule has 3 aromatic carbocycles. The number of rotatable bonds is 8. The topological polar surface area (TPSA) is 105 Å². The molecule has 0 bridgehead atoms. The average molecular weight is 459 g/mol. The Balaban J connectivity index is 1.32. The Hall–Kier alpha value is -4.13. The minimum absolute atomic E-state index is 0.0111. The van der Waals surface area contributed by atoms with Gasteiger partial charge in [0.05, 0.1) is 0 Å². The van der Waals surface area contributed by atoms with Crippen molar-refractivity contribution in [2.75, 3.05) is 11.9 Å². The third-order valence-corrected chi connectivity index (χ3v) is 5.89. The number of nitrogens with one attached hydrogen (secondary N) is 2. The maximum atomic E-state index is 12.5. The third-order valence-electron chi connectivity index (χ3n) is 5.89. The second-order valence-electron chi connectivity index (χ2n) is 8.27. The fourth-order valence-electron chi connectivity index (χ4n) is 4.19. The van der Waals surface area contributed by atoms with Crippen LogP contribution in [0.2, 0.25) is 0 Å². The second kappa shape index (κ2) is 10.2. The van der Waals surface area contributed by atoms with Gasteiger partial charge < -0.3 is 20.5 Å². The summed E-state index contributed by atoms with van der Waals surface area (Å²) in [4.78, 5) is 35.7. The van der Waals surface area contributed by atoms with E-state index < -0.39 is 24.0 Å². The SMILES string of the molecule is C[C@H](NC(=O)OCC1c2ccccc2-c2ccccc21)C(=O)Nc1cccc(CCC(=O)O)c1. The summed E-state index contributed by atoms with van der Waals surface area (Å²) in [5.41, 5.74) is 5.86. The number of anilines is 1. The van der Waals surface area contributed by atoms with Crippen molar-refractivity contribution in [2.24, 2.45) is 0 Å². The Kier molecular flexibility index (Phi) is 6.92. The molecule has 0 unspecified atom stereocenters. The average Bonchev–Trinajstić information content (AvgIpc) is 3.15. The summed E-state index contributed by atoms with van der Waals surface area (Å²) in [5.74, 6) is -1.34. The Morgan fingerprint density at radius 1 is 0.941 bits per heavy atom. The number of amides is 2. The van der Waals surface area contributed by atoms with Crippen LogP contribution < -0.4 is 10.6 Å². The van der Waals surface area contributed by atoms with Crippen molar-refractivity contribution in [3.05, 3.63) is 89.5 Å². The number of carboxylic acids is 1. The van der Waals surface area contributed by atoms with Crippen LogP contribution in [0.25, 0.3) is 11.1 Å². The number of fused-ring (bicyclic) bond motifs is 3. The minimum Gasteiger partial charge on any atom is -0.481 e. The molecule has 0 aromatic heterocycles. The maximum absolute atomic E-state index is 12.5. The number of carbonyl (C=O) groups is 3. The van der Waals surface area contributed by atoms with E-state index in [-0.39, 0.29) is 18.9 Å². The highest BCUT2D eigenvalue weighted by molar-refractivity contribution is 5.96. The number of aliphatic carboxylic acids is 1. The molecule has 0 heterocycles. The van der Waals surface area contributed by atoms with Crippen LogP contribution in [-0.4, -0.2) is 35.7 Å². The second-order valence-corrected chi connectivity index (χ2v) is 8.27. The predicted molar refractivity (Wildman–Crippen MR) is 129 cm³/mol. The van der Waals surface area contributed by atoms with Crippen LogP contribution in [-0.2, 0) is 20.7 Å². The number of hydrogen-bond donors (Lipinski definition) is 3. The quantitative estimate of drug-likeness (QED) is 0.459. The molecule has 1 aliphatic rings. The standard InChI is InChI=1S/C27H26N2O5/c1-17(26(32)29-19-8-6-7-18(15-19)13-14-25(30)31)28-27(33)34-16-24-22-11-4-2-9-20(22)21-10-3-5-12-23(21)24/h2-12,15,17,24H,13-14,16H2,1H3,(H,28,33)(H,29,32)(H,30,31)/t17-/m0/s1. The number of hydrogen-bond acceptors (Lipinski definition) is 4. The maximum Gasteiger partial charge on any atom is 0.407 e. The molecule has 1 atom stereocenters. The molecule has 34 heavy (non-hydrogen) atoms. The summed E-state index contributed by atoms with van der Waals surface area (Å²) in [6.07, 6.45) is -0.288. The number of ether oxygens (including phenoxy) is 1. The highest BCUT2D eigenvalue weighted by Crippen LogP contribution is 2.44. The van der Waals surface area contributed by atoms with E-state index in [1.807, 2.05) is 36.4 Å². The Morgan fingerprint density at radius 3 is 2.24 bits per heavy atom. The molecule has 3 aromatic rings. The minimum atomic E-state index is -0.879. The predicted octanol–water partition coefficient (Wildman–Crippen LogP) is 4.57. The molecular formula is C27H26N2O5. The largest absolute Gasteiger partial charge is 0.481 e. The Morgan fingerprint density at radius 2 is 1.59 bits per heavy atom. The summed E-state index contributed by atoms with van der Waals surface area (Å²) >= 11 is 0. The van der Waals surface area contributed by atoms with E-state index in [1.54, 1.807) is 31.2 Å². The van der Waals surface area contributed by atoms with Gasteiger partial charge in [0.25, 0.3) is 0 Å². The van der Waals surface area contributed by atoms with Crippen LogP contribution in [0.1, 0.15) is 36.0 Å². The Bertz CT molecular complexity index is 1180. The van der Waals surface area contributed by atoms with Crippen molar-refractivity contribution in [2.45, 2.75) is 31.7 Å². The van der Waals surface area contributed by atoms with Gasteiger partial charge in [0, 0.05) is 18.0 Å². The molecule has 4 rings (SSSR count). The summed E-state index contributed by atoms with van der Waals surface area (Å²) in [6, 6.07) is 22.3. The number of benzene rings is 3. The number of aryl methyl sites for hydroxylation is 1. The normalized spacial score (nSPS) is 12.9. The summed E-state index contributed by atoms with van der Waals surface area (Å²) < 4.78 is 5.50. The van der Waals surface area contributed by atoms with Gasteiger partial charge in [-0.3, -0.25) is 9.59 Å². The van der Waals surface area contributed by atoms with Gasteiger partial charge in [0.15, 0.2) is 0 Å². The number of alkyl carbamates (subject to hydrolysis) is 1. The fraction of sp³-hybridized carbons (Fsp3) is 0.222. The summed E-state index contributed by atoms with van der Waals surface area (Å²) in [6.45, 7) is 1.74. The fourth-order valence-corrected chi connectivity index (χ4v) is 4.19.